The van der Waals surface area contributed by atoms with E-state index in [1.807, 2.05) is 0 Å². The normalized spacial score (nSPS) is 12.9. The molecule has 2 nitrogen and oxygen atoms in total. The molecule has 0 aliphatic carbocycles. The highest BCUT2D eigenvalue weighted by atomic mass is 16.1. The monoisotopic (exact) mass is 157 g/mol. The Balaban J connectivity index is 3.08. The summed E-state index contributed by atoms with van der Waals surface area (Å²) in [7, 11) is 0. The first-order valence-corrected chi connectivity index (χ1v) is 4.45. The number of primary amides is 1. The van der Waals surface area contributed by atoms with Gasteiger partial charge in [-0.3, -0.25) is 4.79 Å². The third-order valence-electron chi connectivity index (χ3n) is 2.07. The molecule has 1 unspecified atom stereocenters. The van der Waals surface area contributed by atoms with E-state index in [-0.39, 0.29) is 5.91 Å². The number of hydrogen-bond acceptors (Lipinski definition) is 1. The van der Waals surface area contributed by atoms with Crippen LogP contribution in [0.4, 0.5) is 0 Å². The maximum atomic E-state index is 10.3. The molecule has 0 aromatic carbocycles. The molecule has 0 aliphatic rings. The number of nitrogens with two attached hydrogens (primary N) is 1. The van der Waals surface area contributed by atoms with Gasteiger partial charge < -0.3 is 5.73 Å². The number of carbonyl (C=O) groups is 1. The predicted octanol–water partition coefficient (Wildman–Crippen LogP) is 2.08. The van der Waals surface area contributed by atoms with Gasteiger partial charge in [0.25, 0.3) is 0 Å². The minimum Gasteiger partial charge on any atom is -0.370 e. The minimum absolute atomic E-state index is 0.172. The average molecular weight is 157 g/mol. The molecule has 0 bridgehead atoms. The van der Waals surface area contributed by atoms with E-state index in [1.165, 1.54) is 12.8 Å². The van der Waals surface area contributed by atoms with E-state index in [9.17, 15) is 4.79 Å². The molecule has 1 amide bonds. The number of hydrogen-bond donors (Lipinski definition) is 1. The zero-order valence-corrected chi connectivity index (χ0v) is 7.60. The van der Waals surface area contributed by atoms with Crippen LogP contribution in [0.3, 0.4) is 0 Å². The highest BCUT2D eigenvalue weighted by Crippen LogP contribution is 2.11. The van der Waals surface area contributed by atoms with E-state index in [0.29, 0.717) is 6.42 Å². The van der Waals surface area contributed by atoms with Gasteiger partial charge in [-0.05, 0) is 12.3 Å². The number of rotatable bonds is 6. The first-order chi connectivity index (χ1) is 5.16. The lowest BCUT2D eigenvalue weighted by molar-refractivity contribution is -0.118. The summed E-state index contributed by atoms with van der Waals surface area (Å²) in [6.45, 7) is 4.43. The van der Waals surface area contributed by atoms with Gasteiger partial charge >= 0.3 is 0 Å². The summed E-state index contributed by atoms with van der Waals surface area (Å²) in [6.07, 6.45) is 5.11. The van der Waals surface area contributed by atoms with Gasteiger partial charge in [0.05, 0.1) is 0 Å². The molecule has 0 saturated heterocycles. The Morgan fingerprint density at radius 1 is 1.45 bits per heavy atom. The van der Waals surface area contributed by atoms with Crippen molar-refractivity contribution in [3.05, 3.63) is 0 Å². The van der Waals surface area contributed by atoms with Gasteiger partial charge in [0.2, 0.25) is 5.91 Å². The highest BCUT2D eigenvalue weighted by molar-refractivity contribution is 5.73. The van der Waals surface area contributed by atoms with Crippen LogP contribution in [-0.4, -0.2) is 5.91 Å². The zero-order valence-electron chi connectivity index (χ0n) is 7.60. The summed E-state index contributed by atoms with van der Waals surface area (Å²) < 4.78 is 0. The Labute approximate surface area is 69.2 Å². The summed E-state index contributed by atoms with van der Waals surface area (Å²) in [5.74, 6) is 0.622. The molecule has 0 fully saturated rings. The molecule has 0 radical (unpaired) electrons. The molecule has 0 rings (SSSR count). The number of unbranched alkanes of at least 4 members (excludes halogenated alkanes) is 1. The van der Waals surface area contributed by atoms with Crippen LogP contribution in [0.5, 0.6) is 0 Å². The van der Waals surface area contributed by atoms with Crippen molar-refractivity contribution in [2.45, 2.75) is 46.0 Å². The molecule has 1 atom stereocenters. The van der Waals surface area contributed by atoms with Crippen LogP contribution in [0, 0.1) is 5.92 Å². The van der Waals surface area contributed by atoms with E-state index in [4.69, 9.17) is 5.73 Å². The van der Waals surface area contributed by atoms with Gasteiger partial charge in [-0.15, -0.1) is 0 Å². The van der Waals surface area contributed by atoms with Crippen LogP contribution in [0.2, 0.25) is 0 Å². The Morgan fingerprint density at radius 2 is 2.09 bits per heavy atom. The van der Waals surface area contributed by atoms with Crippen LogP contribution in [-0.2, 0) is 4.79 Å². The van der Waals surface area contributed by atoms with Crippen molar-refractivity contribution in [1.82, 2.24) is 0 Å². The van der Waals surface area contributed by atoms with Crippen LogP contribution >= 0.6 is 0 Å². The first-order valence-electron chi connectivity index (χ1n) is 4.45. The number of carbonyl (C=O) groups excluding carboxylic acids is 1. The molecule has 66 valence electrons. The molecule has 2 N–H and O–H groups in total. The molecule has 0 spiro atoms. The molecule has 0 saturated carbocycles. The van der Waals surface area contributed by atoms with Gasteiger partial charge in [0.15, 0.2) is 0 Å². The van der Waals surface area contributed by atoms with Gasteiger partial charge in [0, 0.05) is 6.42 Å². The average Bonchev–Trinajstić information content (AvgIpc) is 1.97. The fraction of sp³-hybridized carbons (Fsp3) is 0.889. The summed E-state index contributed by atoms with van der Waals surface area (Å²) in [5.41, 5.74) is 5.00. The standard InChI is InChI=1S/C9H19NO/c1-3-8(2)6-4-5-7-9(10)11/h8H,3-7H2,1-2H3,(H2,10,11). The summed E-state index contributed by atoms with van der Waals surface area (Å²) in [4.78, 5) is 10.3. The van der Waals surface area contributed by atoms with E-state index < -0.39 is 0 Å². The molecule has 0 aliphatic heterocycles. The van der Waals surface area contributed by atoms with Crippen molar-refractivity contribution >= 4 is 5.91 Å². The van der Waals surface area contributed by atoms with E-state index in [2.05, 4.69) is 13.8 Å². The number of amides is 1. The van der Waals surface area contributed by atoms with E-state index in [0.717, 1.165) is 18.8 Å². The topological polar surface area (TPSA) is 43.1 Å². The van der Waals surface area contributed by atoms with Crippen molar-refractivity contribution in [3.8, 4) is 0 Å². The van der Waals surface area contributed by atoms with Crippen molar-refractivity contribution in [2.24, 2.45) is 11.7 Å². The van der Waals surface area contributed by atoms with Gasteiger partial charge in [-0.2, -0.15) is 0 Å². The molecule has 11 heavy (non-hydrogen) atoms. The smallest absolute Gasteiger partial charge is 0.217 e. The Kier molecular flexibility index (Phi) is 5.90. The lowest BCUT2D eigenvalue weighted by Crippen LogP contribution is -2.09. The lowest BCUT2D eigenvalue weighted by atomic mass is 10.0. The van der Waals surface area contributed by atoms with Crippen LogP contribution in [0.15, 0.2) is 0 Å². The fourth-order valence-electron chi connectivity index (χ4n) is 0.996. The summed E-state index contributed by atoms with van der Waals surface area (Å²) in [6, 6.07) is 0. The second-order valence-corrected chi connectivity index (χ2v) is 3.23. The summed E-state index contributed by atoms with van der Waals surface area (Å²) in [5, 5.41) is 0. The SMILES string of the molecule is CCC(C)CCCCC(N)=O. The quantitative estimate of drug-likeness (QED) is 0.589. The molecule has 0 aromatic rings. The van der Waals surface area contributed by atoms with Crippen molar-refractivity contribution in [3.63, 3.8) is 0 Å². The van der Waals surface area contributed by atoms with Crippen LogP contribution in [0.25, 0.3) is 0 Å². The molecular formula is C9H19NO. The predicted molar refractivity (Wildman–Crippen MR) is 47.1 cm³/mol. The van der Waals surface area contributed by atoms with Crippen molar-refractivity contribution in [2.75, 3.05) is 0 Å². The third-order valence-corrected chi connectivity index (χ3v) is 2.07. The summed E-state index contributed by atoms with van der Waals surface area (Å²) >= 11 is 0. The largest absolute Gasteiger partial charge is 0.370 e. The second kappa shape index (κ2) is 6.20. The highest BCUT2D eigenvalue weighted by Gasteiger charge is 1.99. The molecular weight excluding hydrogens is 138 g/mol. The molecule has 2 heteroatoms. The molecule has 0 heterocycles. The fourth-order valence-corrected chi connectivity index (χ4v) is 0.996. The molecule has 0 aromatic heterocycles. The van der Waals surface area contributed by atoms with Gasteiger partial charge in [0.1, 0.15) is 0 Å². The van der Waals surface area contributed by atoms with Crippen molar-refractivity contribution in [1.29, 1.82) is 0 Å². The second-order valence-electron chi connectivity index (χ2n) is 3.23. The minimum atomic E-state index is -0.172. The maximum absolute atomic E-state index is 10.3. The van der Waals surface area contributed by atoms with Gasteiger partial charge in [-0.25, -0.2) is 0 Å². The maximum Gasteiger partial charge on any atom is 0.217 e. The van der Waals surface area contributed by atoms with Gasteiger partial charge in [-0.1, -0.05) is 33.1 Å². The Bertz CT molecular complexity index is 112. The van der Waals surface area contributed by atoms with E-state index in [1.54, 1.807) is 0 Å². The Hall–Kier alpha value is -0.530. The third kappa shape index (κ3) is 7.37. The first kappa shape index (κ1) is 10.5. The van der Waals surface area contributed by atoms with Crippen LogP contribution in [0.1, 0.15) is 46.0 Å². The van der Waals surface area contributed by atoms with E-state index >= 15 is 0 Å². The zero-order chi connectivity index (χ0) is 8.69. The lowest BCUT2D eigenvalue weighted by Gasteiger charge is -2.05. The Morgan fingerprint density at radius 3 is 2.55 bits per heavy atom. The van der Waals surface area contributed by atoms with Crippen LogP contribution < -0.4 is 5.73 Å². The van der Waals surface area contributed by atoms with Crippen molar-refractivity contribution < 1.29 is 4.79 Å².